The van der Waals surface area contributed by atoms with E-state index in [0.29, 0.717) is 51.3 Å². The Bertz CT molecular complexity index is 1460. The van der Waals surface area contributed by atoms with Gasteiger partial charge in [0.2, 0.25) is 5.76 Å². The number of ether oxygens (including phenoxy) is 2. The average Bonchev–Trinajstić information content (AvgIpc) is 3.45. The lowest BCUT2D eigenvalue weighted by Gasteiger charge is -2.25. The zero-order chi connectivity index (χ0) is 24.7. The molecule has 0 bridgehead atoms. The molecule has 0 unspecified atom stereocenters. The number of carbonyl (C=O) groups is 1. The van der Waals surface area contributed by atoms with Gasteiger partial charge >= 0.3 is 0 Å². The lowest BCUT2D eigenvalue weighted by atomic mass is 9.98. The van der Waals surface area contributed by atoms with Gasteiger partial charge in [-0.2, -0.15) is 0 Å². The van der Waals surface area contributed by atoms with E-state index in [2.05, 4.69) is 13.8 Å². The zero-order valence-corrected chi connectivity index (χ0v) is 20.3. The Morgan fingerprint density at radius 2 is 1.91 bits per heavy atom. The Labute approximate surface area is 206 Å². The van der Waals surface area contributed by atoms with E-state index in [1.807, 2.05) is 6.07 Å². The van der Waals surface area contributed by atoms with Gasteiger partial charge in [-0.3, -0.25) is 9.59 Å². The quantitative estimate of drug-likeness (QED) is 0.322. The second-order valence-corrected chi connectivity index (χ2v) is 9.28. The van der Waals surface area contributed by atoms with Crippen LogP contribution in [0.5, 0.6) is 11.5 Å². The predicted octanol–water partition coefficient (Wildman–Crippen LogP) is 5.83. The van der Waals surface area contributed by atoms with Crippen molar-refractivity contribution in [3.05, 3.63) is 92.7 Å². The number of fused-ring (bicyclic) bond motifs is 2. The second kappa shape index (κ2) is 9.15. The van der Waals surface area contributed by atoms with Gasteiger partial charge in [0.25, 0.3) is 5.91 Å². The minimum atomic E-state index is -0.713. The van der Waals surface area contributed by atoms with Gasteiger partial charge in [-0.25, -0.2) is 0 Å². The summed E-state index contributed by atoms with van der Waals surface area (Å²) in [6.07, 6.45) is 1.54. The highest BCUT2D eigenvalue weighted by molar-refractivity contribution is 6.31. The van der Waals surface area contributed by atoms with E-state index >= 15 is 0 Å². The summed E-state index contributed by atoms with van der Waals surface area (Å²) in [6, 6.07) is 13.0. The molecule has 0 radical (unpaired) electrons. The maximum atomic E-state index is 13.7. The van der Waals surface area contributed by atoms with E-state index in [9.17, 15) is 9.59 Å². The molecule has 5 rings (SSSR count). The summed E-state index contributed by atoms with van der Waals surface area (Å²) < 4.78 is 22.9. The standard InChI is InChI=1S/C27H24ClNO6/c1-15(2)14-34-21-8-6-16(11-22(21)32-3)24-23-25(30)19-12-17(28)7-9-20(19)35-26(23)27(31)29(24)13-18-5-4-10-33-18/h4-12,15,24H,13-14H2,1-3H3/t24-/m1/s1. The van der Waals surface area contributed by atoms with Crippen molar-refractivity contribution < 1.29 is 23.1 Å². The normalized spacial score (nSPS) is 15.2. The van der Waals surface area contributed by atoms with Crippen LogP contribution in [-0.4, -0.2) is 24.5 Å². The molecule has 2 aromatic carbocycles. The van der Waals surface area contributed by atoms with Crippen LogP contribution in [0.3, 0.4) is 0 Å². The van der Waals surface area contributed by atoms with Crippen LogP contribution in [0.1, 0.15) is 47.3 Å². The van der Waals surface area contributed by atoms with Crippen LogP contribution in [0.4, 0.5) is 0 Å². The summed E-state index contributed by atoms with van der Waals surface area (Å²) in [5.41, 5.74) is 0.948. The number of benzene rings is 2. The Hall–Kier alpha value is -3.71. The number of hydrogen-bond acceptors (Lipinski definition) is 6. The molecular weight excluding hydrogens is 470 g/mol. The Morgan fingerprint density at radius 3 is 2.63 bits per heavy atom. The molecule has 0 fully saturated rings. The number of carbonyl (C=O) groups excluding carboxylic acids is 1. The fourth-order valence-corrected chi connectivity index (χ4v) is 4.47. The highest BCUT2D eigenvalue weighted by atomic mass is 35.5. The number of halogens is 1. The summed E-state index contributed by atoms with van der Waals surface area (Å²) in [5, 5.41) is 0.726. The van der Waals surface area contributed by atoms with Gasteiger partial charge in [-0.15, -0.1) is 0 Å². The molecule has 1 aliphatic heterocycles. The van der Waals surface area contributed by atoms with Gasteiger partial charge in [-0.05, 0) is 53.9 Å². The first-order valence-electron chi connectivity index (χ1n) is 11.3. The van der Waals surface area contributed by atoms with Crippen LogP contribution in [0, 0.1) is 5.92 Å². The van der Waals surface area contributed by atoms with Gasteiger partial charge in [0, 0.05) is 5.02 Å². The molecule has 7 nitrogen and oxygen atoms in total. The minimum absolute atomic E-state index is 0.0143. The molecule has 1 aliphatic rings. The third kappa shape index (κ3) is 4.17. The van der Waals surface area contributed by atoms with Gasteiger partial charge in [-0.1, -0.05) is 31.5 Å². The summed E-state index contributed by atoms with van der Waals surface area (Å²) in [7, 11) is 1.56. The first kappa shape index (κ1) is 23.1. The molecule has 1 atom stereocenters. The van der Waals surface area contributed by atoms with Crippen molar-refractivity contribution >= 4 is 28.5 Å². The molecule has 0 saturated heterocycles. The zero-order valence-electron chi connectivity index (χ0n) is 19.5. The highest BCUT2D eigenvalue weighted by Gasteiger charge is 2.43. The molecule has 35 heavy (non-hydrogen) atoms. The van der Waals surface area contributed by atoms with E-state index in [4.69, 9.17) is 29.9 Å². The van der Waals surface area contributed by atoms with Gasteiger partial charge in [0.15, 0.2) is 16.9 Å². The largest absolute Gasteiger partial charge is 0.493 e. The molecule has 8 heteroatoms. The lowest BCUT2D eigenvalue weighted by Crippen LogP contribution is -2.29. The maximum absolute atomic E-state index is 13.7. The van der Waals surface area contributed by atoms with Crippen molar-refractivity contribution in [2.45, 2.75) is 26.4 Å². The van der Waals surface area contributed by atoms with Crippen molar-refractivity contribution in [3.63, 3.8) is 0 Å². The molecule has 180 valence electrons. The third-order valence-corrected chi connectivity index (χ3v) is 6.14. The predicted molar refractivity (Wildman–Crippen MR) is 131 cm³/mol. The highest BCUT2D eigenvalue weighted by Crippen LogP contribution is 2.42. The summed E-state index contributed by atoms with van der Waals surface area (Å²) in [5.74, 6) is 1.64. The second-order valence-electron chi connectivity index (χ2n) is 8.84. The molecule has 0 aliphatic carbocycles. The topological polar surface area (TPSA) is 82.1 Å². The molecule has 3 heterocycles. The van der Waals surface area contributed by atoms with Gasteiger partial charge in [0.1, 0.15) is 11.3 Å². The number of rotatable bonds is 7. The summed E-state index contributed by atoms with van der Waals surface area (Å²) in [6.45, 7) is 4.81. The summed E-state index contributed by atoms with van der Waals surface area (Å²) in [4.78, 5) is 28.8. The number of furan rings is 1. The van der Waals surface area contributed by atoms with Gasteiger partial charge in [0.05, 0.1) is 43.5 Å². The number of nitrogens with zero attached hydrogens (tertiary/aromatic N) is 1. The maximum Gasteiger partial charge on any atom is 0.291 e. The molecule has 2 aromatic heterocycles. The van der Waals surface area contributed by atoms with Crippen LogP contribution < -0.4 is 14.9 Å². The fraction of sp³-hybridized carbons (Fsp3) is 0.259. The van der Waals surface area contributed by atoms with Crippen LogP contribution >= 0.6 is 11.6 Å². The number of methoxy groups -OCH3 is 1. The fourth-order valence-electron chi connectivity index (χ4n) is 4.30. The van der Waals surface area contributed by atoms with E-state index in [1.165, 1.54) is 0 Å². The average molecular weight is 494 g/mol. The molecule has 0 N–H and O–H groups in total. The summed E-state index contributed by atoms with van der Waals surface area (Å²) >= 11 is 6.16. The lowest BCUT2D eigenvalue weighted by molar-refractivity contribution is 0.0701. The van der Waals surface area contributed by atoms with E-state index in [0.717, 1.165) is 0 Å². The van der Waals surface area contributed by atoms with E-state index < -0.39 is 11.9 Å². The molecule has 0 saturated carbocycles. The Kier molecular flexibility index (Phi) is 6.03. The third-order valence-electron chi connectivity index (χ3n) is 5.91. The molecule has 0 spiro atoms. The first-order chi connectivity index (χ1) is 16.9. The smallest absolute Gasteiger partial charge is 0.291 e. The Morgan fingerprint density at radius 1 is 1.09 bits per heavy atom. The van der Waals surface area contributed by atoms with Gasteiger partial charge < -0.3 is 23.2 Å². The van der Waals surface area contributed by atoms with E-state index in [-0.39, 0.29) is 23.3 Å². The van der Waals surface area contributed by atoms with Crippen molar-refractivity contribution in [1.82, 2.24) is 4.90 Å². The van der Waals surface area contributed by atoms with Crippen LogP contribution in [0.15, 0.2) is 68.4 Å². The SMILES string of the molecule is COc1cc([C@@H]2c3c(oc4ccc(Cl)cc4c3=O)C(=O)N2Cc2ccco2)ccc1OCC(C)C. The molecular formula is C27H24ClNO6. The van der Waals surface area contributed by atoms with Crippen LogP contribution in [0.25, 0.3) is 11.0 Å². The monoisotopic (exact) mass is 493 g/mol. The van der Waals surface area contributed by atoms with Crippen molar-refractivity contribution in [1.29, 1.82) is 0 Å². The molecule has 4 aromatic rings. The van der Waals surface area contributed by atoms with E-state index in [1.54, 1.807) is 60.7 Å². The minimum Gasteiger partial charge on any atom is -0.493 e. The Balaban J connectivity index is 1.67. The van der Waals surface area contributed by atoms with Crippen LogP contribution in [0.2, 0.25) is 5.02 Å². The molecule has 1 amide bonds. The van der Waals surface area contributed by atoms with Crippen molar-refractivity contribution in [3.8, 4) is 11.5 Å². The van der Waals surface area contributed by atoms with Crippen molar-refractivity contribution in [2.24, 2.45) is 5.92 Å². The first-order valence-corrected chi connectivity index (χ1v) is 11.7. The van der Waals surface area contributed by atoms with Crippen LogP contribution in [-0.2, 0) is 6.54 Å². The number of hydrogen-bond donors (Lipinski definition) is 0. The van der Waals surface area contributed by atoms with Crippen molar-refractivity contribution in [2.75, 3.05) is 13.7 Å². The number of amides is 1.